The van der Waals surface area contributed by atoms with Gasteiger partial charge in [0, 0.05) is 0 Å². The predicted octanol–water partition coefficient (Wildman–Crippen LogP) is 0.0379. The van der Waals surface area contributed by atoms with Crippen molar-refractivity contribution in [2.75, 3.05) is 14.2 Å². The van der Waals surface area contributed by atoms with Crippen LogP contribution in [0.15, 0.2) is 0 Å². The molecule has 1 saturated heterocycles. The Morgan fingerprint density at radius 2 is 1.68 bits per heavy atom. The molecule has 1 heterocycles. The summed E-state index contributed by atoms with van der Waals surface area (Å²) in [6.45, 7) is 5.93. The number of carbonyl (C=O) groups excluding carboxylic acids is 3. The van der Waals surface area contributed by atoms with Gasteiger partial charge in [-0.3, -0.25) is 0 Å². The van der Waals surface area contributed by atoms with Crippen LogP contribution in [0, 0.1) is 5.41 Å². The van der Waals surface area contributed by atoms with Crippen molar-refractivity contribution in [3.05, 3.63) is 0 Å². The first-order valence-electron chi connectivity index (χ1n) is 5.81. The van der Waals surface area contributed by atoms with Gasteiger partial charge >= 0.3 is 118 Å². The second-order valence-electron chi connectivity index (χ2n) is 5.32. The molecule has 0 aliphatic carbocycles. The Hall–Kier alpha value is -1.07. The Labute approximate surface area is 118 Å². The van der Waals surface area contributed by atoms with Gasteiger partial charge in [-0.25, -0.2) is 0 Å². The van der Waals surface area contributed by atoms with Crippen LogP contribution in [0.5, 0.6) is 0 Å². The topological polar surface area (TPSA) is 72.9 Å². The van der Waals surface area contributed by atoms with Gasteiger partial charge in [-0.2, -0.15) is 0 Å². The molecule has 1 fully saturated rings. The Kier molecular flexibility index (Phi) is 4.98. The summed E-state index contributed by atoms with van der Waals surface area (Å²) in [6, 6.07) is -0.876. The molecule has 1 amide bonds. The minimum atomic E-state index is -0.876. The third-order valence-electron chi connectivity index (χ3n) is 2.89. The first-order valence-corrected chi connectivity index (χ1v) is 7.79. The Morgan fingerprint density at radius 3 is 2.05 bits per heavy atom. The van der Waals surface area contributed by atoms with Crippen molar-refractivity contribution in [1.29, 1.82) is 0 Å². The normalized spacial score (nSPS) is 27.0. The summed E-state index contributed by atoms with van der Waals surface area (Å²) >= 11 is -0.245. The second kappa shape index (κ2) is 5.92. The number of hydrogen-bond donors (Lipinski definition) is 0. The zero-order valence-corrected chi connectivity index (χ0v) is 13.4. The van der Waals surface area contributed by atoms with E-state index in [4.69, 9.17) is 9.47 Å². The van der Waals surface area contributed by atoms with Crippen LogP contribution in [0.1, 0.15) is 20.8 Å². The number of carbonyl (C=O) groups is 3. The molecule has 0 bridgehead atoms. The van der Waals surface area contributed by atoms with Gasteiger partial charge in [-0.05, 0) is 0 Å². The van der Waals surface area contributed by atoms with Crippen molar-refractivity contribution in [1.82, 2.24) is 4.90 Å². The average molecular weight is 336 g/mol. The molecule has 108 valence electrons. The van der Waals surface area contributed by atoms with Crippen molar-refractivity contribution < 1.29 is 23.9 Å². The van der Waals surface area contributed by atoms with Crippen molar-refractivity contribution in [2.24, 2.45) is 5.41 Å². The van der Waals surface area contributed by atoms with Crippen LogP contribution < -0.4 is 0 Å². The molecule has 1 aliphatic heterocycles. The number of amides is 1. The fourth-order valence-electron chi connectivity index (χ4n) is 2.02. The maximum absolute atomic E-state index is 11.9. The Morgan fingerprint density at radius 1 is 1.16 bits per heavy atom. The molecule has 0 saturated carbocycles. The van der Waals surface area contributed by atoms with Crippen LogP contribution in [0.2, 0.25) is 4.82 Å². The molecule has 0 aromatic heterocycles. The molecule has 1 rings (SSSR count). The summed E-state index contributed by atoms with van der Waals surface area (Å²) in [6.07, 6.45) is 0.627. The van der Waals surface area contributed by atoms with E-state index in [0.29, 0.717) is 6.41 Å². The fraction of sp³-hybridized carbons (Fsp3) is 0.750. The quantitative estimate of drug-likeness (QED) is 0.413. The molecule has 0 spiro atoms. The van der Waals surface area contributed by atoms with Crippen LogP contribution in [-0.4, -0.2) is 63.4 Å². The first kappa shape index (κ1) is 16.0. The van der Waals surface area contributed by atoms with Crippen LogP contribution in [0.25, 0.3) is 0 Å². The zero-order valence-electron chi connectivity index (χ0n) is 11.7. The molecule has 1 aliphatic rings. The van der Waals surface area contributed by atoms with Crippen LogP contribution >= 0.6 is 0 Å². The minimum absolute atomic E-state index is 0.147. The summed E-state index contributed by atoms with van der Waals surface area (Å²) in [5.74, 6) is -1.04. The van der Waals surface area contributed by atoms with Crippen molar-refractivity contribution in [3.63, 3.8) is 0 Å². The molecular formula is C12H19NO5Se. The maximum atomic E-state index is 11.9. The molecule has 6 nitrogen and oxygen atoms in total. The van der Waals surface area contributed by atoms with E-state index in [1.807, 2.05) is 20.8 Å². The van der Waals surface area contributed by atoms with Crippen molar-refractivity contribution in [3.8, 4) is 0 Å². The Bertz CT molecular complexity index is 379. The Balaban J connectivity index is 3.15. The third-order valence-corrected chi connectivity index (χ3v) is 6.99. The first-order chi connectivity index (χ1) is 8.77. The van der Waals surface area contributed by atoms with E-state index in [1.54, 1.807) is 0 Å². The van der Waals surface area contributed by atoms with E-state index in [-0.39, 0.29) is 25.3 Å². The summed E-state index contributed by atoms with van der Waals surface area (Å²) in [5.41, 5.74) is -0.212. The average Bonchev–Trinajstić information content (AvgIpc) is 2.75. The van der Waals surface area contributed by atoms with Gasteiger partial charge in [0.25, 0.3) is 0 Å². The standard InChI is InChI=1S/C12H19NO5Se/c1-12(2,3)11-13(6-14)7(9(15)17-4)8(19-11)10(16)18-5/h6-8,11H,1-5H3/t7-,8-,11+/m0/s1. The van der Waals surface area contributed by atoms with Crippen molar-refractivity contribution in [2.45, 2.75) is 36.6 Å². The van der Waals surface area contributed by atoms with E-state index in [0.717, 1.165) is 0 Å². The van der Waals surface area contributed by atoms with E-state index in [2.05, 4.69) is 0 Å². The molecule has 0 aromatic carbocycles. The number of ether oxygens (including phenoxy) is 2. The second-order valence-corrected chi connectivity index (χ2v) is 7.89. The third kappa shape index (κ3) is 3.09. The van der Waals surface area contributed by atoms with Gasteiger partial charge in [0.05, 0.1) is 0 Å². The fourth-order valence-corrected chi connectivity index (χ4v) is 5.41. The molecule has 7 heteroatoms. The van der Waals surface area contributed by atoms with E-state index >= 15 is 0 Å². The van der Waals surface area contributed by atoms with E-state index < -0.39 is 22.8 Å². The van der Waals surface area contributed by atoms with E-state index in [9.17, 15) is 14.4 Å². The number of methoxy groups -OCH3 is 2. The van der Waals surface area contributed by atoms with Gasteiger partial charge in [0.2, 0.25) is 0 Å². The van der Waals surface area contributed by atoms with Gasteiger partial charge in [-0.1, -0.05) is 0 Å². The zero-order chi connectivity index (χ0) is 14.8. The molecule has 0 unspecified atom stereocenters. The SMILES string of the molecule is COC(=O)[C@H]1[Se][C@H](C(C)(C)C)N(C=O)[C@@H]1C(=O)OC. The van der Waals surface area contributed by atoms with Gasteiger partial charge < -0.3 is 0 Å². The summed E-state index contributed by atoms with van der Waals surface area (Å²) in [7, 11) is 2.53. The molecule has 3 atom stereocenters. The predicted molar refractivity (Wildman–Crippen MR) is 68.5 cm³/mol. The number of hydrogen-bond acceptors (Lipinski definition) is 5. The molecule has 0 N–H and O–H groups in total. The number of nitrogens with zero attached hydrogens (tertiary/aromatic N) is 1. The molecular weight excluding hydrogens is 317 g/mol. The number of esters is 2. The van der Waals surface area contributed by atoms with Gasteiger partial charge in [-0.15, -0.1) is 0 Å². The summed E-state index contributed by atoms with van der Waals surface area (Å²) in [5, 5.41) is 0. The molecule has 0 aromatic rings. The van der Waals surface area contributed by atoms with E-state index in [1.165, 1.54) is 19.1 Å². The summed E-state index contributed by atoms with van der Waals surface area (Å²) in [4.78, 5) is 35.7. The number of rotatable bonds is 3. The molecule has 19 heavy (non-hydrogen) atoms. The van der Waals surface area contributed by atoms with Crippen LogP contribution in [-0.2, 0) is 23.9 Å². The monoisotopic (exact) mass is 337 g/mol. The van der Waals surface area contributed by atoms with Gasteiger partial charge in [0.1, 0.15) is 0 Å². The van der Waals surface area contributed by atoms with Crippen LogP contribution in [0.4, 0.5) is 0 Å². The van der Waals surface area contributed by atoms with Crippen LogP contribution in [0.3, 0.4) is 0 Å². The molecule has 0 radical (unpaired) electrons. The van der Waals surface area contributed by atoms with Gasteiger partial charge in [0.15, 0.2) is 0 Å². The summed E-state index contributed by atoms with van der Waals surface area (Å²) < 4.78 is 9.45. The van der Waals surface area contributed by atoms with Crippen molar-refractivity contribution >= 4 is 33.3 Å².